The summed E-state index contributed by atoms with van der Waals surface area (Å²) in [6.45, 7) is 1.92. The first kappa shape index (κ1) is 18.9. The Morgan fingerprint density at radius 1 is 1.24 bits per heavy atom. The van der Waals surface area contributed by atoms with Crippen LogP contribution in [0.5, 0.6) is 0 Å². The maximum absolute atomic E-state index is 12.2. The Hall–Kier alpha value is -2.45. The first-order valence-electron chi connectivity index (χ1n) is 7.71. The number of sulfonamides is 1. The van der Waals surface area contributed by atoms with Gasteiger partial charge in [0.25, 0.3) is 5.91 Å². The van der Waals surface area contributed by atoms with Crippen molar-refractivity contribution in [2.24, 2.45) is 0 Å². The summed E-state index contributed by atoms with van der Waals surface area (Å²) >= 11 is 0. The molecule has 0 bridgehead atoms. The van der Waals surface area contributed by atoms with E-state index in [1.54, 1.807) is 24.4 Å². The number of benzene rings is 1. The van der Waals surface area contributed by atoms with Crippen LogP contribution in [0, 0.1) is 6.92 Å². The van der Waals surface area contributed by atoms with Crippen LogP contribution in [0.3, 0.4) is 0 Å². The Labute approximate surface area is 147 Å². The summed E-state index contributed by atoms with van der Waals surface area (Å²) < 4.78 is 24.5. The zero-order valence-electron chi connectivity index (χ0n) is 14.5. The average Bonchev–Trinajstić information content (AvgIpc) is 2.57. The summed E-state index contributed by atoms with van der Waals surface area (Å²) in [5.74, 6) is 0.00246. The molecule has 0 aliphatic carbocycles. The Kier molecular flexibility index (Phi) is 5.76. The number of pyridine rings is 1. The number of hydrogen-bond acceptors (Lipinski definition) is 5. The highest BCUT2D eigenvalue weighted by Gasteiger charge is 2.14. The molecule has 2 rings (SSSR count). The monoisotopic (exact) mass is 362 g/mol. The van der Waals surface area contributed by atoms with Crippen molar-refractivity contribution in [1.29, 1.82) is 0 Å². The fourth-order valence-corrected chi connectivity index (χ4v) is 2.89. The summed E-state index contributed by atoms with van der Waals surface area (Å²) in [5.41, 5.74) is 8.74. The van der Waals surface area contributed by atoms with Gasteiger partial charge in [0.15, 0.2) is 0 Å². The molecule has 0 aliphatic heterocycles. The minimum absolute atomic E-state index is 0.0477. The third kappa shape index (κ3) is 4.77. The summed E-state index contributed by atoms with van der Waals surface area (Å²) in [4.78, 5) is 16.4. The molecular weight excluding hydrogens is 340 g/mol. The number of nitrogens with zero attached hydrogens (tertiary/aromatic N) is 2. The van der Waals surface area contributed by atoms with Crippen LogP contribution in [0.15, 0.2) is 36.5 Å². The van der Waals surface area contributed by atoms with Crippen molar-refractivity contribution in [2.45, 2.75) is 6.92 Å². The number of anilines is 1. The number of nitrogen functional groups attached to an aromatic ring is 1. The van der Waals surface area contributed by atoms with Crippen LogP contribution in [0.1, 0.15) is 15.9 Å². The van der Waals surface area contributed by atoms with E-state index >= 15 is 0 Å². The zero-order valence-corrected chi connectivity index (χ0v) is 15.3. The lowest BCUT2D eigenvalue weighted by Crippen LogP contribution is -2.33. The second-order valence-corrected chi connectivity index (χ2v) is 8.16. The molecule has 3 N–H and O–H groups in total. The average molecular weight is 362 g/mol. The molecule has 2 aromatic rings. The van der Waals surface area contributed by atoms with Crippen molar-refractivity contribution in [2.75, 3.05) is 32.1 Å². The van der Waals surface area contributed by atoms with E-state index in [4.69, 9.17) is 5.73 Å². The van der Waals surface area contributed by atoms with Crippen LogP contribution in [0.2, 0.25) is 0 Å². The third-order valence-electron chi connectivity index (χ3n) is 3.78. The van der Waals surface area contributed by atoms with E-state index in [1.165, 1.54) is 14.1 Å². The lowest BCUT2D eigenvalue weighted by Gasteiger charge is -2.12. The third-order valence-corrected chi connectivity index (χ3v) is 5.61. The number of carbonyl (C=O) groups excluding carboxylic acids is 1. The number of nitrogens with two attached hydrogens (primary N) is 1. The summed E-state index contributed by atoms with van der Waals surface area (Å²) in [7, 11) is -0.414. The highest BCUT2D eigenvalue weighted by Crippen LogP contribution is 2.22. The SMILES string of the molecule is Cc1cc(-c2cccc(C(=O)NCCS(=O)(=O)N(C)C)c2)cnc1N. The topological polar surface area (TPSA) is 105 Å². The van der Waals surface area contributed by atoms with Gasteiger partial charge in [0.05, 0.1) is 5.75 Å². The normalized spacial score (nSPS) is 11.5. The predicted molar refractivity (Wildman–Crippen MR) is 98.6 cm³/mol. The second kappa shape index (κ2) is 7.62. The van der Waals surface area contributed by atoms with Crippen molar-refractivity contribution < 1.29 is 13.2 Å². The molecule has 8 heteroatoms. The fourth-order valence-electron chi connectivity index (χ4n) is 2.16. The van der Waals surface area contributed by atoms with Crippen molar-refractivity contribution in [1.82, 2.24) is 14.6 Å². The molecule has 0 aliphatic rings. The number of nitrogens with one attached hydrogen (secondary N) is 1. The quantitative estimate of drug-likeness (QED) is 0.805. The maximum atomic E-state index is 12.2. The largest absolute Gasteiger partial charge is 0.383 e. The molecule has 0 unspecified atom stereocenters. The van der Waals surface area contributed by atoms with E-state index in [2.05, 4.69) is 10.3 Å². The van der Waals surface area contributed by atoms with E-state index in [0.717, 1.165) is 21.0 Å². The van der Waals surface area contributed by atoms with Gasteiger partial charge in [-0.15, -0.1) is 0 Å². The number of rotatable bonds is 6. The van der Waals surface area contributed by atoms with Gasteiger partial charge in [-0.25, -0.2) is 17.7 Å². The molecule has 134 valence electrons. The lowest BCUT2D eigenvalue weighted by molar-refractivity contribution is 0.0956. The number of amides is 1. The molecule has 1 aromatic carbocycles. The number of carbonyl (C=O) groups is 1. The summed E-state index contributed by atoms with van der Waals surface area (Å²) in [6.07, 6.45) is 1.66. The van der Waals surface area contributed by atoms with E-state index in [-0.39, 0.29) is 18.2 Å². The van der Waals surface area contributed by atoms with Crippen LogP contribution < -0.4 is 11.1 Å². The molecule has 0 saturated carbocycles. The van der Waals surface area contributed by atoms with Gasteiger partial charge in [0.2, 0.25) is 10.0 Å². The van der Waals surface area contributed by atoms with E-state index in [0.29, 0.717) is 11.4 Å². The van der Waals surface area contributed by atoms with Crippen molar-refractivity contribution in [3.05, 3.63) is 47.7 Å². The Morgan fingerprint density at radius 2 is 1.96 bits per heavy atom. The number of aromatic nitrogens is 1. The highest BCUT2D eigenvalue weighted by molar-refractivity contribution is 7.89. The van der Waals surface area contributed by atoms with Crippen LogP contribution in [0.4, 0.5) is 5.82 Å². The first-order valence-corrected chi connectivity index (χ1v) is 9.32. The molecular formula is C17H22N4O3S. The van der Waals surface area contributed by atoms with Gasteiger partial charge in [-0.05, 0) is 36.2 Å². The zero-order chi connectivity index (χ0) is 18.6. The number of aryl methyl sites for hydroxylation is 1. The van der Waals surface area contributed by atoms with Gasteiger partial charge in [-0.3, -0.25) is 4.79 Å². The molecule has 1 amide bonds. The lowest BCUT2D eigenvalue weighted by atomic mass is 10.0. The Morgan fingerprint density at radius 3 is 2.60 bits per heavy atom. The van der Waals surface area contributed by atoms with Gasteiger partial charge >= 0.3 is 0 Å². The van der Waals surface area contributed by atoms with Crippen LogP contribution in [0.25, 0.3) is 11.1 Å². The molecule has 25 heavy (non-hydrogen) atoms. The Balaban J connectivity index is 2.10. The first-order chi connectivity index (χ1) is 11.7. The van der Waals surface area contributed by atoms with Gasteiger partial charge in [0.1, 0.15) is 5.82 Å². The van der Waals surface area contributed by atoms with Crippen LogP contribution in [-0.2, 0) is 10.0 Å². The smallest absolute Gasteiger partial charge is 0.251 e. The van der Waals surface area contributed by atoms with Gasteiger partial charge in [0, 0.05) is 38.0 Å². The molecule has 0 fully saturated rings. The minimum atomic E-state index is -3.34. The molecule has 0 saturated heterocycles. The molecule has 0 radical (unpaired) electrons. The second-order valence-electron chi connectivity index (χ2n) is 5.86. The molecule has 0 atom stereocenters. The van der Waals surface area contributed by atoms with Gasteiger partial charge < -0.3 is 11.1 Å². The van der Waals surface area contributed by atoms with E-state index in [1.807, 2.05) is 19.1 Å². The molecule has 1 aromatic heterocycles. The fraction of sp³-hybridized carbons (Fsp3) is 0.294. The Bertz CT molecular complexity index is 879. The maximum Gasteiger partial charge on any atom is 0.251 e. The van der Waals surface area contributed by atoms with Crippen molar-refractivity contribution in [3.63, 3.8) is 0 Å². The standard InChI is InChI=1S/C17H22N4O3S/c1-12-9-15(11-20-16(12)18)13-5-4-6-14(10-13)17(22)19-7-8-25(23,24)21(2)3/h4-6,9-11H,7-8H2,1-3H3,(H2,18,20)(H,19,22). The van der Waals surface area contributed by atoms with Gasteiger partial charge in [-0.1, -0.05) is 12.1 Å². The van der Waals surface area contributed by atoms with Gasteiger partial charge in [-0.2, -0.15) is 0 Å². The highest BCUT2D eigenvalue weighted by atomic mass is 32.2. The van der Waals surface area contributed by atoms with Crippen LogP contribution >= 0.6 is 0 Å². The predicted octanol–water partition coefficient (Wildman–Crippen LogP) is 1.26. The molecule has 0 spiro atoms. The number of hydrogen-bond donors (Lipinski definition) is 2. The molecule has 1 heterocycles. The van der Waals surface area contributed by atoms with E-state index in [9.17, 15) is 13.2 Å². The summed E-state index contributed by atoms with van der Waals surface area (Å²) in [5, 5.41) is 2.63. The molecule has 7 nitrogen and oxygen atoms in total. The minimum Gasteiger partial charge on any atom is -0.383 e. The van der Waals surface area contributed by atoms with Crippen LogP contribution in [-0.4, -0.2) is 50.0 Å². The van der Waals surface area contributed by atoms with Crippen molar-refractivity contribution >= 4 is 21.7 Å². The van der Waals surface area contributed by atoms with Crippen molar-refractivity contribution in [3.8, 4) is 11.1 Å². The van der Waals surface area contributed by atoms with E-state index < -0.39 is 10.0 Å². The summed E-state index contributed by atoms with van der Waals surface area (Å²) in [6, 6.07) is 8.97.